The zero-order valence-electron chi connectivity index (χ0n) is 35.4. The van der Waals surface area contributed by atoms with Crippen molar-refractivity contribution in [1.29, 1.82) is 0 Å². The summed E-state index contributed by atoms with van der Waals surface area (Å²) in [7, 11) is 0. The second kappa shape index (κ2) is 27.0. The number of carboxylic acids is 3. The Morgan fingerprint density at radius 2 is 1.24 bits per heavy atom. The van der Waals surface area contributed by atoms with Gasteiger partial charge < -0.3 is 74.4 Å². The molecule has 1 rings (SSSR count). The van der Waals surface area contributed by atoms with Gasteiger partial charge in [0.05, 0.1) is 25.6 Å². The molecule has 1 heterocycles. The highest BCUT2D eigenvalue weighted by Crippen LogP contribution is 2.20. The monoisotopic (exact) mass is 885 g/mol. The molecule has 1 aliphatic rings. The maximum atomic E-state index is 13.4. The number of nitrogens with one attached hydrogen (secondary N) is 6. The maximum Gasteiger partial charge on any atom is 0.326 e. The van der Waals surface area contributed by atoms with Gasteiger partial charge in [-0.05, 0) is 56.8 Å². The Balaban J connectivity index is 3.12. The molecule has 1 fully saturated rings. The minimum atomic E-state index is -1.86. The number of carboxylic acid groups (broad SMARTS) is 3. The summed E-state index contributed by atoms with van der Waals surface area (Å²) in [5.41, 5.74) is 16.5. The second-order valence-electron chi connectivity index (χ2n) is 15.6. The largest absolute Gasteiger partial charge is 0.481 e. The average Bonchev–Trinajstić information content (AvgIpc) is 3.68. The molecule has 0 spiro atoms. The third-order valence-corrected chi connectivity index (χ3v) is 9.34. The van der Waals surface area contributed by atoms with Gasteiger partial charge in [0.15, 0.2) is 5.96 Å². The fourth-order valence-electron chi connectivity index (χ4n) is 6.28. The predicted molar refractivity (Wildman–Crippen MR) is 218 cm³/mol. The molecule has 1 saturated heterocycles. The third-order valence-electron chi connectivity index (χ3n) is 9.34. The number of nitrogens with two attached hydrogens (primary N) is 3. The Bertz CT molecular complexity index is 1640. The van der Waals surface area contributed by atoms with E-state index < -0.39 is 128 Å². The molecule has 25 nitrogen and oxygen atoms in total. The lowest BCUT2D eigenvalue weighted by atomic mass is 10.0. The first-order chi connectivity index (χ1) is 29.0. The number of aliphatic hydroxyl groups is 1. The van der Waals surface area contributed by atoms with Crippen LogP contribution in [0.4, 0.5) is 0 Å². The van der Waals surface area contributed by atoms with Crippen LogP contribution in [0.25, 0.3) is 0 Å². The van der Waals surface area contributed by atoms with E-state index >= 15 is 0 Å². The molecule has 0 saturated carbocycles. The van der Waals surface area contributed by atoms with Crippen molar-refractivity contribution in [2.24, 2.45) is 34.0 Å². The number of nitrogens with zero attached hydrogens (tertiary/aromatic N) is 2. The highest BCUT2D eigenvalue weighted by Gasteiger charge is 2.39. The third kappa shape index (κ3) is 20.0. The van der Waals surface area contributed by atoms with Crippen molar-refractivity contribution in [1.82, 2.24) is 36.8 Å². The number of carbonyl (C=O) groups excluding carboxylic acids is 7. The smallest absolute Gasteiger partial charge is 0.326 e. The van der Waals surface area contributed by atoms with Crippen molar-refractivity contribution in [3.05, 3.63) is 0 Å². The van der Waals surface area contributed by atoms with E-state index in [1.54, 1.807) is 27.7 Å². The second-order valence-corrected chi connectivity index (χ2v) is 15.6. The van der Waals surface area contributed by atoms with E-state index in [-0.39, 0.29) is 69.4 Å². The molecule has 16 N–H and O–H groups in total. The summed E-state index contributed by atoms with van der Waals surface area (Å²) in [6.07, 6.45) is -0.780. The standard InChI is InChI=1S/C37H63N11O14/c1-18(2)13-22(45-30(55)20(38)9-10-28(51)52)32(57)44-21(7-5-11-41-37(39)40)31(56)42-16-27(50)43-23(15-29(53)54)33(58)47-25(17-49)34(59)46-24(14-19(3)4)35(60)48-12-6-8-26(48)36(61)62/h18-26,49H,5-17,38H2,1-4H3,(H,42,56)(H,43,50)(H,44,57)(H,45,55)(H,46,59)(H,47,58)(H,51,52)(H,53,54)(H,61,62)(H4,39,40,41)/t20-,21-,22-,23-,24-,25-,26-/m0/s1. The molecular weight excluding hydrogens is 822 g/mol. The number of likely N-dealkylation sites (tertiary alicyclic amines) is 1. The first-order valence-electron chi connectivity index (χ1n) is 20.1. The fraction of sp³-hybridized carbons (Fsp3) is 0.703. The van der Waals surface area contributed by atoms with Crippen LogP contribution in [0.2, 0.25) is 0 Å². The van der Waals surface area contributed by atoms with Crippen LogP contribution in [0, 0.1) is 11.8 Å². The van der Waals surface area contributed by atoms with E-state index in [4.69, 9.17) is 22.3 Å². The molecule has 350 valence electrons. The van der Waals surface area contributed by atoms with Crippen LogP contribution in [-0.4, -0.2) is 159 Å². The van der Waals surface area contributed by atoms with Gasteiger partial charge in [0, 0.05) is 19.5 Å². The molecule has 0 aromatic carbocycles. The molecule has 7 atom stereocenters. The van der Waals surface area contributed by atoms with Gasteiger partial charge in [0.25, 0.3) is 0 Å². The van der Waals surface area contributed by atoms with Gasteiger partial charge in [0.2, 0.25) is 41.4 Å². The summed E-state index contributed by atoms with van der Waals surface area (Å²) in [6, 6.07) is -9.77. The number of carbonyl (C=O) groups is 10. The quantitative estimate of drug-likeness (QED) is 0.0200. The van der Waals surface area contributed by atoms with Crippen molar-refractivity contribution >= 4 is 65.2 Å². The van der Waals surface area contributed by atoms with E-state index in [2.05, 4.69) is 36.9 Å². The minimum absolute atomic E-state index is 0.0320. The van der Waals surface area contributed by atoms with Crippen LogP contribution in [0.15, 0.2) is 4.99 Å². The van der Waals surface area contributed by atoms with Gasteiger partial charge in [-0.2, -0.15) is 0 Å². The molecule has 0 aliphatic carbocycles. The number of hydrogen-bond acceptors (Lipinski definition) is 13. The van der Waals surface area contributed by atoms with Crippen molar-refractivity contribution in [2.45, 2.75) is 128 Å². The van der Waals surface area contributed by atoms with Crippen molar-refractivity contribution in [2.75, 3.05) is 26.2 Å². The van der Waals surface area contributed by atoms with Gasteiger partial charge in [0.1, 0.15) is 36.3 Å². The summed E-state index contributed by atoms with van der Waals surface area (Å²) in [6.45, 7) is 5.30. The number of amides is 7. The summed E-state index contributed by atoms with van der Waals surface area (Å²) >= 11 is 0. The Labute approximate surface area is 358 Å². The average molecular weight is 886 g/mol. The summed E-state index contributed by atoms with van der Waals surface area (Å²) in [4.78, 5) is 132. The summed E-state index contributed by atoms with van der Waals surface area (Å²) < 4.78 is 0. The molecule has 0 radical (unpaired) electrons. The van der Waals surface area contributed by atoms with E-state index in [0.29, 0.717) is 6.42 Å². The molecule has 0 aromatic heterocycles. The summed E-state index contributed by atoms with van der Waals surface area (Å²) in [5, 5.41) is 51.9. The summed E-state index contributed by atoms with van der Waals surface area (Å²) in [5.74, 6) is -11.1. The van der Waals surface area contributed by atoms with Crippen LogP contribution >= 0.6 is 0 Å². The minimum Gasteiger partial charge on any atom is -0.481 e. The fourth-order valence-corrected chi connectivity index (χ4v) is 6.28. The molecule has 62 heavy (non-hydrogen) atoms. The van der Waals surface area contributed by atoms with Crippen LogP contribution in [-0.2, 0) is 47.9 Å². The predicted octanol–water partition coefficient (Wildman–Crippen LogP) is -4.59. The van der Waals surface area contributed by atoms with Crippen LogP contribution < -0.4 is 49.1 Å². The molecule has 7 amide bonds. The first-order valence-corrected chi connectivity index (χ1v) is 20.1. The van der Waals surface area contributed by atoms with E-state index in [1.165, 1.54) is 0 Å². The zero-order chi connectivity index (χ0) is 47.3. The number of aliphatic imine (C=N–C) groups is 1. The lowest BCUT2D eigenvalue weighted by Crippen LogP contribution is -2.59. The SMILES string of the molecule is CC(C)C[C@H](NC(=O)[C@@H](N)CCC(=O)O)C(=O)N[C@@H](CCCN=C(N)N)C(=O)NCC(=O)N[C@@H](CC(=O)O)C(=O)N[C@@H](CO)C(=O)N[C@@H](CC(C)C)C(=O)N1CCC[C@H]1C(=O)O. The Morgan fingerprint density at radius 1 is 0.694 bits per heavy atom. The number of aliphatic hydroxyl groups excluding tert-OH is 1. The van der Waals surface area contributed by atoms with Crippen LogP contribution in [0.5, 0.6) is 0 Å². The molecule has 1 aliphatic heterocycles. The highest BCUT2D eigenvalue weighted by atomic mass is 16.4. The van der Waals surface area contributed by atoms with Gasteiger partial charge in [-0.1, -0.05) is 27.7 Å². The number of rotatable bonds is 28. The Morgan fingerprint density at radius 3 is 1.79 bits per heavy atom. The molecular formula is C37H63N11O14. The maximum absolute atomic E-state index is 13.4. The van der Waals surface area contributed by atoms with E-state index in [1.807, 2.05) is 0 Å². The van der Waals surface area contributed by atoms with Crippen LogP contribution in [0.1, 0.15) is 85.5 Å². The van der Waals surface area contributed by atoms with E-state index in [9.17, 15) is 63.3 Å². The van der Waals surface area contributed by atoms with Gasteiger partial charge >= 0.3 is 17.9 Å². The molecule has 0 aromatic rings. The number of aliphatic carboxylic acids is 3. The Kier molecular flexibility index (Phi) is 23.4. The lowest BCUT2D eigenvalue weighted by molar-refractivity contribution is -0.149. The van der Waals surface area contributed by atoms with Gasteiger partial charge in [-0.3, -0.25) is 48.1 Å². The molecule has 25 heteroatoms. The van der Waals surface area contributed by atoms with Gasteiger partial charge in [-0.25, -0.2) is 4.79 Å². The van der Waals surface area contributed by atoms with Crippen LogP contribution in [0.3, 0.4) is 0 Å². The number of hydrogen-bond donors (Lipinski definition) is 13. The topological polar surface area (TPSA) is 417 Å². The lowest BCUT2D eigenvalue weighted by Gasteiger charge is -2.29. The first kappa shape index (κ1) is 53.9. The highest BCUT2D eigenvalue weighted by molar-refractivity contribution is 5.97. The van der Waals surface area contributed by atoms with Crippen molar-refractivity contribution in [3.63, 3.8) is 0 Å². The normalized spacial score (nSPS) is 16.4. The Hall–Kier alpha value is -6.11. The number of guanidine groups is 1. The van der Waals surface area contributed by atoms with E-state index in [0.717, 1.165) is 4.90 Å². The van der Waals surface area contributed by atoms with Gasteiger partial charge in [-0.15, -0.1) is 0 Å². The van der Waals surface area contributed by atoms with Crippen molar-refractivity contribution < 1.29 is 68.4 Å². The molecule has 0 bridgehead atoms. The zero-order valence-corrected chi connectivity index (χ0v) is 35.4. The molecule has 0 unspecified atom stereocenters. The van der Waals surface area contributed by atoms with Crippen molar-refractivity contribution in [3.8, 4) is 0 Å².